The zero-order valence-electron chi connectivity index (χ0n) is 20.8. The van der Waals surface area contributed by atoms with Gasteiger partial charge in [-0.3, -0.25) is 0 Å². The van der Waals surface area contributed by atoms with Gasteiger partial charge in [0.2, 0.25) is 0 Å². The molecule has 33 heavy (non-hydrogen) atoms. The number of carboxylic acid groups (broad SMARTS) is 1. The Morgan fingerprint density at radius 2 is 1.03 bits per heavy atom. The van der Waals surface area contributed by atoms with Crippen molar-refractivity contribution < 1.29 is 34.7 Å². The minimum atomic E-state index is -1.68. The van der Waals surface area contributed by atoms with Crippen LogP contribution in [0.3, 0.4) is 0 Å². The molecule has 1 rings (SSSR count). The fourth-order valence-corrected chi connectivity index (χ4v) is 4.39. The molecule has 196 valence electrons. The second kappa shape index (κ2) is 19.6. The topological polar surface area (TPSA) is 116 Å². The molecule has 0 bridgehead atoms. The molecular formula is C26H50O7. The van der Waals surface area contributed by atoms with E-state index in [4.69, 9.17) is 14.6 Å². The van der Waals surface area contributed by atoms with Gasteiger partial charge < -0.3 is 29.9 Å². The number of ether oxygens (including phenoxy) is 2. The molecule has 0 aromatic carbocycles. The van der Waals surface area contributed by atoms with Crippen LogP contribution in [0.1, 0.15) is 122 Å². The molecule has 0 aromatic heterocycles. The molecule has 0 aromatic rings. The van der Waals surface area contributed by atoms with Gasteiger partial charge >= 0.3 is 5.97 Å². The van der Waals surface area contributed by atoms with Crippen LogP contribution in [0.4, 0.5) is 0 Å². The second-order valence-corrected chi connectivity index (χ2v) is 9.62. The van der Waals surface area contributed by atoms with Crippen molar-refractivity contribution in [1.82, 2.24) is 0 Å². The molecule has 1 aliphatic heterocycles. The monoisotopic (exact) mass is 474 g/mol. The maximum atomic E-state index is 11.1. The van der Waals surface area contributed by atoms with Gasteiger partial charge in [0.25, 0.3) is 0 Å². The van der Waals surface area contributed by atoms with E-state index in [1.54, 1.807) is 0 Å². The Hall–Kier alpha value is -0.730. The molecule has 1 saturated heterocycles. The lowest BCUT2D eigenvalue weighted by atomic mass is 9.99. The van der Waals surface area contributed by atoms with E-state index in [9.17, 15) is 20.1 Å². The Morgan fingerprint density at radius 1 is 0.636 bits per heavy atom. The van der Waals surface area contributed by atoms with Crippen LogP contribution in [0.2, 0.25) is 0 Å². The first-order valence-electron chi connectivity index (χ1n) is 13.5. The summed E-state index contributed by atoms with van der Waals surface area (Å²) in [7, 11) is 0. The summed E-state index contributed by atoms with van der Waals surface area (Å²) in [5, 5.41) is 38.4. The number of aliphatic carboxylic acids is 1. The predicted octanol–water partition coefficient (Wildman–Crippen LogP) is 4.94. The normalized spacial score (nSPS) is 25.4. The minimum Gasteiger partial charge on any atom is -0.479 e. The number of aliphatic hydroxyl groups excluding tert-OH is 3. The highest BCUT2D eigenvalue weighted by Crippen LogP contribution is 2.23. The van der Waals surface area contributed by atoms with Crippen molar-refractivity contribution in [3.8, 4) is 0 Å². The van der Waals surface area contributed by atoms with Crippen molar-refractivity contribution in [3.05, 3.63) is 0 Å². The number of unbranched alkanes of at least 4 members (excludes halogenated alkanes) is 17. The van der Waals surface area contributed by atoms with Gasteiger partial charge in [-0.2, -0.15) is 0 Å². The highest BCUT2D eigenvalue weighted by molar-refractivity contribution is 5.73. The van der Waals surface area contributed by atoms with E-state index in [2.05, 4.69) is 6.92 Å². The first kappa shape index (κ1) is 30.3. The van der Waals surface area contributed by atoms with Gasteiger partial charge in [0.1, 0.15) is 18.3 Å². The van der Waals surface area contributed by atoms with Gasteiger partial charge in [-0.1, -0.05) is 116 Å². The number of hydrogen-bond donors (Lipinski definition) is 4. The van der Waals surface area contributed by atoms with E-state index in [0.717, 1.165) is 19.3 Å². The number of aliphatic hydroxyl groups is 3. The zero-order valence-corrected chi connectivity index (χ0v) is 20.8. The van der Waals surface area contributed by atoms with Crippen LogP contribution >= 0.6 is 0 Å². The molecule has 7 heteroatoms. The molecule has 1 fully saturated rings. The van der Waals surface area contributed by atoms with E-state index < -0.39 is 36.7 Å². The Balaban J connectivity index is 1.86. The predicted molar refractivity (Wildman–Crippen MR) is 129 cm³/mol. The Labute approximate surface area is 200 Å². The summed E-state index contributed by atoms with van der Waals surface area (Å²) >= 11 is 0. The standard InChI is InChI=1S/C26H50O7/c1-2-3-4-5-6-7-8-9-10-11-12-13-14-15-16-17-18-19-20-32-26-23(29)21(27)22(28)24(33-26)25(30)31/h21-24,26-29H,2-20H2,1H3,(H,30,31)/t21-,22-,23+,24-,26+/m0/s1. The maximum absolute atomic E-state index is 11.1. The zero-order chi connectivity index (χ0) is 24.3. The number of carbonyl (C=O) groups is 1. The van der Waals surface area contributed by atoms with Crippen molar-refractivity contribution in [1.29, 1.82) is 0 Å². The van der Waals surface area contributed by atoms with Gasteiger partial charge in [-0.05, 0) is 6.42 Å². The summed E-state index contributed by atoms with van der Waals surface area (Å²) < 4.78 is 10.5. The van der Waals surface area contributed by atoms with Crippen LogP contribution in [-0.2, 0) is 14.3 Å². The molecule has 0 aliphatic carbocycles. The number of hydrogen-bond acceptors (Lipinski definition) is 6. The van der Waals surface area contributed by atoms with E-state index in [1.807, 2.05) is 0 Å². The van der Waals surface area contributed by atoms with Crippen molar-refractivity contribution in [2.45, 2.75) is 153 Å². The molecule has 0 saturated carbocycles. The second-order valence-electron chi connectivity index (χ2n) is 9.62. The van der Waals surface area contributed by atoms with Crippen LogP contribution in [0.25, 0.3) is 0 Å². The third kappa shape index (κ3) is 13.7. The quantitative estimate of drug-likeness (QED) is 0.174. The summed E-state index contributed by atoms with van der Waals surface area (Å²) in [6.07, 6.45) is 15.7. The molecular weight excluding hydrogens is 424 g/mol. The fourth-order valence-electron chi connectivity index (χ4n) is 4.39. The average Bonchev–Trinajstić information content (AvgIpc) is 2.80. The lowest BCUT2D eigenvalue weighted by molar-refractivity contribution is -0.294. The maximum Gasteiger partial charge on any atom is 0.335 e. The van der Waals surface area contributed by atoms with Crippen molar-refractivity contribution in [3.63, 3.8) is 0 Å². The first-order valence-corrected chi connectivity index (χ1v) is 13.5. The minimum absolute atomic E-state index is 0.315. The summed E-state index contributed by atoms with van der Waals surface area (Å²) in [6.45, 7) is 2.58. The van der Waals surface area contributed by atoms with Crippen LogP contribution in [0.15, 0.2) is 0 Å². The highest BCUT2D eigenvalue weighted by atomic mass is 16.7. The van der Waals surface area contributed by atoms with Crippen molar-refractivity contribution in [2.24, 2.45) is 0 Å². The fraction of sp³-hybridized carbons (Fsp3) is 0.962. The number of rotatable bonds is 21. The highest BCUT2D eigenvalue weighted by Gasteiger charge is 2.47. The lowest BCUT2D eigenvalue weighted by Crippen LogP contribution is -2.60. The molecule has 0 spiro atoms. The number of carboxylic acids is 1. The smallest absolute Gasteiger partial charge is 0.335 e. The molecule has 0 radical (unpaired) electrons. The molecule has 1 heterocycles. The van der Waals surface area contributed by atoms with Gasteiger partial charge in [0, 0.05) is 6.61 Å². The SMILES string of the molecule is CCCCCCCCCCCCCCCCCCCCO[C@@H]1O[C@H](C(=O)O)[C@@H](O)[C@H](O)[C@H]1O. The van der Waals surface area contributed by atoms with Crippen LogP contribution in [0.5, 0.6) is 0 Å². The Morgan fingerprint density at radius 3 is 1.42 bits per heavy atom. The summed E-state index contributed by atoms with van der Waals surface area (Å²) in [5.41, 5.74) is 0. The van der Waals surface area contributed by atoms with Crippen LogP contribution < -0.4 is 0 Å². The molecule has 5 atom stereocenters. The Bertz CT molecular complexity index is 474. The van der Waals surface area contributed by atoms with Crippen LogP contribution in [0, 0.1) is 0 Å². The third-order valence-corrected chi connectivity index (χ3v) is 6.59. The lowest BCUT2D eigenvalue weighted by Gasteiger charge is -2.38. The van der Waals surface area contributed by atoms with E-state index in [-0.39, 0.29) is 0 Å². The molecule has 7 nitrogen and oxygen atoms in total. The first-order chi connectivity index (χ1) is 16.0. The Kier molecular flexibility index (Phi) is 18.0. The van der Waals surface area contributed by atoms with Crippen LogP contribution in [-0.4, -0.2) is 63.7 Å². The largest absolute Gasteiger partial charge is 0.479 e. The van der Waals surface area contributed by atoms with E-state index in [1.165, 1.54) is 96.3 Å². The average molecular weight is 475 g/mol. The van der Waals surface area contributed by atoms with Gasteiger partial charge in [-0.15, -0.1) is 0 Å². The molecule has 0 amide bonds. The van der Waals surface area contributed by atoms with Gasteiger partial charge in [-0.25, -0.2) is 4.79 Å². The van der Waals surface area contributed by atoms with Gasteiger partial charge in [0.15, 0.2) is 12.4 Å². The summed E-state index contributed by atoms with van der Waals surface area (Å²) in [4.78, 5) is 11.1. The summed E-state index contributed by atoms with van der Waals surface area (Å²) in [5.74, 6) is -1.39. The molecule has 4 N–H and O–H groups in total. The van der Waals surface area contributed by atoms with E-state index >= 15 is 0 Å². The molecule has 0 unspecified atom stereocenters. The van der Waals surface area contributed by atoms with Crippen molar-refractivity contribution in [2.75, 3.05) is 6.61 Å². The summed E-state index contributed by atoms with van der Waals surface area (Å²) in [6, 6.07) is 0. The third-order valence-electron chi connectivity index (χ3n) is 6.59. The van der Waals surface area contributed by atoms with Crippen molar-refractivity contribution >= 4 is 5.97 Å². The van der Waals surface area contributed by atoms with E-state index in [0.29, 0.717) is 6.61 Å². The molecule has 1 aliphatic rings. The van der Waals surface area contributed by atoms with Gasteiger partial charge in [0.05, 0.1) is 0 Å².